The summed E-state index contributed by atoms with van der Waals surface area (Å²) in [6.45, 7) is 1.42. The molecule has 0 aliphatic rings. The van der Waals surface area contributed by atoms with E-state index in [2.05, 4.69) is 5.32 Å². The molecule has 0 saturated carbocycles. The Morgan fingerprint density at radius 2 is 1.75 bits per heavy atom. The van der Waals surface area contributed by atoms with Crippen LogP contribution in [-0.2, 0) is 19.6 Å². The van der Waals surface area contributed by atoms with Gasteiger partial charge in [-0.05, 0) is 37.3 Å². The second kappa shape index (κ2) is 8.85. The Hall–Kier alpha value is -2.91. The molecule has 0 saturated heterocycles. The van der Waals surface area contributed by atoms with Crippen molar-refractivity contribution in [3.8, 4) is 5.75 Å². The highest BCUT2D eigenvalue weighted by molar-refractivity contribution is 7.89. The third-order valence-electron chi connectivity index (χ3n) is 3.87. The van der Waals surface area contributed by atoms with Gasteiger partial charge in [-0.1, -0.05) is 18.2 Å². The molecule has 0 radical (unpaired) electrons. The lowest BCUT2D eigenvalue weighted by molar-refractivity contribution is -0.123. The van der Waals surface area contributed by atoms with Crippen LogP contribution in [0.2, 0.25) is 0 Å². The summed E-state index contributed by atoms with van der Waals surface area (Å²) in [5.74, 6) is -0.885. The smallest absolute Gasteiger partial charge is 0.338 e. The fraction of sp³-hybridized carbons (Fsp3) is 0.263. The molecule has 2 rings (SSSR count). The second-order valence-corrected chi connectivity index (χ2v) is 8.20. The van der Waals surface area contributed by atoms with Gasteiger partial charge in [-0.2, -0.15) is 0 Å². The number of para-hydroxylation sites is 2. The Labute approximate surface area is 164 Å². The van der Waals surface area contributed by atoms with Gasteiger partial charge in [-0.3, -0.25) is 4.79 Å². The monoisotopic (exact) mass is 406 g/mol. The number of amides is 1. The molecule has 2 aromatic rings. The van der Waals surface area contributed by atoms with E-state index in [9.17, 15) is 18.0 Å². The number of anilines is 1. The van der Waals surface area contributed by atoms with Crippen molar-refractivity contribution in [1.82, 2.24) is 4.31 Å². The Bertz CT molecular complexity index is 972. The van der Waals surface area contributed by atoms with Gasteiger partial charge < -0.3 is 14.8 Å². The van der Waals surface area contributed by atoms with Gasteiger partial charge in [0.05, 0.1) is 23.3 Å². The molecule has 0 bridgehead atoms. The molecule has 0 aliphatic carbocycles. The number of hydrogen-bond donors (Lipinski definition) is 1. The predicted molar refractivity (Wildman–Crippen MR) is 104 cm³/mol. The van der Waals surface area contributed by atoms with E-state index in [1.807, 2.05) is 0 Å². The van der Waals surface area contributed by atoms with Crippen LogP contribution < -0.4 is 10.1 Å². The van der Waals surface area contributed by atoms with E-state index in [-0.39, 0.29) is 10.5 Å². The van der Waals surface area contributed by atoms with Crippen LogP contribution in [0.5, 0.6) is 5.75 Å². The van der Waals surface area contributed by atoms with Gasteiger partial charge >= 0.3 is 5.97 Å². The Kier molecular flexibility index (Phi) is 6.76. The highest BCUT2D eigenvalue weighted by Gasteiger charge is 2.22. The van der Waals surface area contributed by atoms with Crippen LogP contribution in [0.4, 0.5) is 5.69 Å². The minimum Gasteiger partial charge on any atom is -0.495 e. The first-order chi connectivity index (χ1) is 13.2. The highest BCUT2D eigenvalue weighted by Crippen LogP contribution is 2.23. The van der Waals surface area contributed by atoms with Crippen LogP contribution in [0.15, 0.2) is 53.4 Å². The van der Waals surface area contributed by atoms with Crippen LogP contribution >= 0.6 is 0 Å². The molecule has 8 nitrogen and oxygen atoms in total. The van der Waals surface area contributed by atoms with E-state index in [0.29, 0.717) is 11.4 Å². The first-order valence-corrected chi connectivity index (χ1v) is 9.78. The maximum absolute atomic E-state index is 12.3. The van der Waals surface area contributed by atoms with Gasteiger partial charge in [0, 0.05) is 14.1 Å². The minimum atomic E-state index is -3.69. The lowest BCUT2D eigenvalue weighted by atomic mass is 10.2. The Morgan fingerprint density at radius 3 is 2.39 bits per heavy atom. The largest absolute Gasteiger partial charge is 0.495 e. The molecule has 1 amide bonds. The fourth-order valence-corrected chi connectivity index (χ4v) is 3.21. The zero-order valence-corrected chi connectivity index (χ0v) is 16.8. The van der Waals surface area contributed by atoms with E-state index < -0.39 is 28.0 Å². The lowest BCUT2D eigenvalue weighted by Crippen LogP contribution is -2.30. The lowest BCUT2D eigenvalue weighted by Gasteiger charge is -2.16. The molecule has 0 aliphatic heterocycles. The average molecular weight is 406 g/mol. The van der Waals surface area contributed by atoms with Crippen molar-refractivity contribution in [3.05, 3.63) is 54.1 Å². The first-order valence-electron chi connectivity index (χ1n) is 8.34. The highest BCUT2D eigenvalue weighted by atomic mass is 32.2. The van der Waals surface area contributed by atoms with E-state index in [4.69, 9.17) is 9.47 Å². The number of methoxy groups -OCH3 is 1. The third-order valence-corrected chi connectivity index (χ3v) is 5.68. The van der Waals surface area contributed by atoms with Crippen molar-refractivity contribution in [1.29, 1.82) is 0 Å². The maximum Gasteiger partial charge on any atom is 0.338 e. The molecule has 0 heterocycles. The fourth-order valence-electron chi connectivity index (χ4n) is 2.26. The summed E-state index contributed by atoms with van der Waals surface area (Å²) in [7, 11) is 0.569. The number of carbonyl (C=O) groups excluding carboxylic acids is 2. The number of esters is 1. The summed E-state index contributed by atoms with van der Waals surface area (Å²) in [6.07, 6.45) is -1.11. The van der Waals surface area contributed by atoms with Crippen molar-refractivity contribution in [2.45, 2.75) is 17.9 Å². The molecule has 0 spiro atoms. The summed E-state index contributed by atoms with van der Waals surface area (Å²) in [6, 6.07) is 12.3. The second-order valence-electron chi connectivity index (χ2n) is 6.05. The van der Waals surface area contributed by atoms with Crippen LogP contribution in [0.1, 0.15) is 17.3 Å². The Morgan fingerprint density at radius 1 is 1.07 bits per heavy atom. The molecule has 28 heavy (non-hydrogen) atoms. The zero-order valence-electron chi connectivity index (χ0n) is 16.0. The molecule has 2 aromatic carbocycles. The number of nitrogens with one attached hydrogen (secondary N) is 1. The van der Waals surface area contributed by atoms with E-state index in [1.165, 1.54) is 52.4 Å². The van der Waals surface area contributed by atoms with E-state index in [0.717, 1.165) is 4.31 Å². The van der Waals surface area contributed by atoms with Crippen molar-refractivity contribution in [2.24, 2.45) is 0 Å². The summed E-state index contributed by atoms with van der Waals surface area (Å²) in [5.41, 5.74) is 0.469. The average Bonchev–Trinajstić information content (AvgIpc) is 2.68. The van der Waals surface area contributed by atoms with Crippen molar-refractivity contribution in [3.63, 3.8) is 0 Å². The predicted octanol–water partition coefficient (Wildman–Crippen LogP) is 2.13. The number of ether oxygens (including phenoxy) is 2. The third kappa shape index (κ3) is 4.87. The standard InChI is InChI=1S/C19H22N2O6S/c1-13(18(22)20-16-10-5-6-11-17(16)26-4)27-19(23)14-8-7-9-15(12-14)28(24,25)21(2)3/h5-13H,1-4H3,(H,20,22). The molecular formula is C19H22N2O6S. The summed E-state index contributed by atoms with van der Waals surface area (Å²) < 4.78 is 35.8. The van der Waals surface area contributed by atoms with Gasteiger partial charge in [-0.15, -0.1) is 0 Å². The van der Waals surface area contributed by atoms with Crippen molar-refractivity contribution in [2.75, 3.05) is 26.5 Å². The number of nitrogens with zero attached hydrogens (tertiary/aromatic N) is 1. The van der Waals surface area contributed by atoms with Gasteiger partial charge in [0.25, 0.3) is 5.91 Å². The summed E-state index contributed by atoms with van der Waals surface area (Å²) >= 11 is 0. The number of rotatable bonds is 7. The summed E-state index contributed by atoms with van der Waals surface area (Å²) in [5, 5.41) is 2.62. The van der Waals surface area contributed by atoms with E-state index >= 15 is 0 Å². The molecule has 0 fully saturated rings. The van der Waals surface area contributed by atoms with Crippen molar-refractivity contribution < 1.29 is 27.5 Å². The molecule has 9 heteroatoms. The normalized spacial score (nSPS) is 12.3. The van der Waals surface area contributed by atoms with E-state index in [1.54, 1.807) is 24.3 Å². The summed E-state index contributed by atoms with van der Waals surface area (Å²) in [4.78, 5) is 24.6. The van der Waals surface area contributed by atoms with Gasteiger partial charge in [0.1, 0.15) is 5.75 Å². The molecule has 1 unspecified atom stereocenters. The van der Waals surface area contributed by atoms with Crippen LogP contribution in [-0.4, -0.2) is 51.9 Å². The molecule has 1 N–H and O–H groups in total. The topological polar surface area (TPSA) is 102 Å². The van der Waals surface area contributed by atoms with Crippen LogP contribution in [0.3, 0.4) is 0 Å². The van der Waals surface area contributed by atoms with Crippen LogP contribution in [0.25, 0.3) is 0 Å². The number of benzene rings is 2. The molecule has 0 aromatic heterocycles. The molecule has 150 valence electrons. The number of sulfonamides is 1. The maximum atomic E-state index is 12.3. The number of carbonyl (C=O) groups is 2. The van der Waals surface area contributed by atoms with Gasteiger partial charge in [0.2, 0.25) is 10.0 Å². The van der Waals surface area contributed by atoms with Crippen LogP contribution in [0, 0.1) is 0 Å². The molecular weight excluding hydrogens is 384 g/mol. The Balaban J connectivity index is 2.11. The quantitative estimate of drug-likeness (QED) is 0.707. The van der Waals surface area contributed by atoms with Gasteiger partial charge in [0.15, 0.2) is 6.10 Å². The number of hydrogen-bond acceptors (Lipinski definition) is 6. The van der Waals surface area contributed by atoms with Crippen molar-refractivity contribution >= 4 is 27.6 Å². The van der Waals surface area contributed by atoms with Gasteiger partial charge in [-0.25, -0.2) is 17.5 Å². The SMILES string of the molecule is COc1ccccc1NC(=O)C(C)OC(=O)c1cccc(S(=O)(=O)N(C)C)c1. The molecule has 1 atom stereocenters. The minimum absolute atomic E-state index is 0.0277. The first kappa shape index (κ1) is 21.4. The zero-order chi connectivity index (χ0) is 20.9.